The van der Waals surface area contributed by atoms with E-state index in [0.717, 1.165) is 0 Å². The quantitative estimate of drug-likeness (QED) is 0.918. The van der Waals surface area contributed by atoms with E-state index in [4.69, 9.17) is 31.3 Å². The number of fused-ring (bicyclic) bond motifs is 1. The van der Waals surface area contributed by atoms with Crippen LogP contribution < -0.4 is 15.2 Å². The predicted molar refractivity (Wildman–Crippen MR) is 77.4 cm³/mol. The number of hydrogen-bond acceptors (Lipinski definition) is 6. The summed E-state index contributed by atoms with van der Waals surface area (Å²) in [5, 5.41) is 4.35. The molecule has 2 heterocycles. The maximum atomic E-state index is 6.28. The second kappa shape index (κ2) is 5.20. The first kappa shape index (κ1) is 14.2. The standard InChI is InChI=1S/C14H16ClN3O3/c1-14(2)6-19-10-3-8(9(15)4-11(10)20-7-14)13-17-12(5-16)21-18-13/h3-4H,5-7,16H2,1-2H3. The molecule has 0 atom stereocenters. The van der Waals surface area contributed by atoms with Gasteiger partial charge in [0, 0.05) is 17.0 Å². The summed E-state index contributed by atoms with van der Waals surface area (Å²) >= 11 is 6.28. The summed E-state index contributed by atoms with van der Waals surface area (Å²) in [5.41, 5.74) is 6.03. The highest BCUT2D eigenvalue weighted by Crippen LogP contribution is 2.40. The van der Waals surface area contributed by atoms with Crippen LogP contribution in [-0.4, -0.2) is 23.4 Å². The summed E-state index contributed by atoms with van der Waals surface area (Å²) in [5.74, 6) is 1.99. The van der Waals surface area contributed by atoms with Crippen molar-refractivity contribution in [2.45, 2.75) is 20.4 Å². The fraction of sp³-hybridized carbons (Fsp3) is 0.429. The van der Waals surface area contributed by atoms with Crippen molar-refractivity contribution in [2.75, 3.05) is 13.2 Å². The monoisotopic (exact) mass is 309 g/mol. The largest absolute Gasteiger partial charge is 0.489 e. The third-order valence-electron chi connectivity index (χ3n) is 3.15. The van der Waals surface area contributed by atoms with E-state index in [-0.39, 0.29) is 12.0 Å². The van der Waals surface area contributed by atoms with E-state index in [0.29, 0.717) is 47.0 Å². The summed E-state index contributed by atoms with van der Waals surface area (Å²) in [6.45, 7) is 5.46. The summed E-state index contributed by atoms with van der Waals surface area (Å²) in [7, 11) is 0. The fourth-order valence-electron chi connectivity index (χ4n) is 1.97. The van der Waals surface area contributed by atoms with Gasteiger partial charge >= 0.3 is 0 Å². The summed E-state index contributed by atoms with van der Waals surface area (Å²) in [6, 6.07) is 3.48. The van der Waals surface area contributed by atoms with Gasteiger partial charge in [-0.3, -0.25) is 0 Å². The minimum atomic E-state index is -0.0650. The number of ether oxygens (including phenoxy) is 2. The Kier molecular flexibility index (Phi) is 3.51. The van der Waals surface area contributed by atoms with Crippen LogP contribution in [0.2, 0.25) is 5.02 Å². The van der Waals surface area contributed by atoms with E-state index in [2.05, 4.69) is 24.0 Å². The van der Waals surface area contributed by atoms with Crippen molar-refractivity contribution in [3.8, 4) is 22.9 Å². The fourth-order valence-corrected chi connectivity index (χ4v) is 2.21. The lowest BCUT2D eigenvalue weighted by Crippen LogP contribution is -2.26. The van der Waals surface area contributed by atoms with Crippen LogP contribution in [0.1, 0.15) is 19.7 Å². The lowest BCUT2D eigenvalue weighted by Gasteiger charge is -2.19. The van der Waals surface area contributed by atoms with Crippen LogP contribution in [0.5, 0.6) is 11.5 Å². The van der Waals surface area contributed by atoms with Gasteiger partial charge in [-0.05, 0) is 6.07 Å². The van der Waals surface area contributed by atoms with Crippen LogP contribution >= 0.6 is 11.6 Å². The molecule has 0 aliphatic carbocycles. The lowest BCUT2D eigenvalue weighted by atomic mass is 9.97. The Bertz CT molecular complexity index is 669. The molecule has 0 amide bonds. The number of nitrogens with two attached hydrogens (primary N) is 1. The zero-order chi connectivity index (χ0) is 15.0. The maximum absolute atomic E-state index is 6.28. The Hall–Kier alpha value is -1.79. The second-order valence-corrected chi connectivity index (χ2v) is 6.14. The smallest absolute Gasteiger partial charge is 0.240 e. The Morgan fingerprint density at radius 3 is 2.52 bits per heavy atom. The van der Waals surface area contributed by atoms with Crippen molar-refractivity contribution in [2.24, 2.45) is 11.1 Å². The van der Waals surface area contributed by atoms with Crippen molar-refractivity contribution in [1.29, 1.82) is 0 Å². The van der Waals surface area contributed by atoms with Crippen LogP contribution in [0.4, 0.5) is 0 Å². The molecule has 2 aromatic rings. The van der Waals surface area contributed by atoms with Crippen molar-refractivity contribution in [3.63, 3.8) is 0 Å². The SMILES string of the molecule is CC1(C)COc2cc(Cl)c(-c3noc(CN)n3)cc2OC1. The predicted octanol–water partition coefficient (Wildman–Crippen LogP) is 2.65. The molecule has 3 rings (SSSR count). The number of aromatic nitrogens is 2. The highest BCUT2D eigenvalue weighted by atomic mass is 35.5. The molecule has 6 nitrogen and oxygen atoms in total. The number of halogens is 1. The van der Waals surface area contributed by atoms with Crippen LogP contribution in [-0.2, 0) is 6.54 Å². The van der Waals surface area contributed by atoms with Gasteiger partial charge in [0.15, 0.2) is 11.5 Å². The van der Waals surface area contributed by atoms with Crippen LogP contribution in [0.25, 0.3) is 11.4 Å². The van der Waals surface area contributed by atoms with E-state index >= 15 is 0 Å². The molecule has 0 fully saturated rings. The second-order valence-electron chi connectivity index (χ2n) is 5.74. The third kappa shape index (κ3) is 2.82. The van der Waals surface area contributed by atoms with Gasteiger partial charge in [0.1, 0.15) is 0 Å². The Morgan fingerprint density at radius 1 is 1.24 bits per heavy atom. The Balaban J connectivity index is 1.99. The van der Waals surface area contributed by atoms with Crippen molar-refractivity contribution in [3.05, 3.63) is 23.0 Å². The average molecular weight is 310 g/mol. The average Bonchev–Trinajstić information content (AvgIpc) is 2.87. The third-order valence-corrected chi connectivity index (χ3v) is 3.47. The molecule has 1 aliphatic rings. The molecule has 2 N–H and O–H groups in total. The van der Waals surface area contributed by atoms with Crippen molar-refractivity contribution < 1.29 is 14.0 Å². The maximum Gasteiger partial charge on any atom is 0.240 e. The molecule has 0 saturated heterocycles. The van der Waals surface area contributed by atoms with Gasteiger partial charge in [0.05, 0.1) is 24.8 Å². The molecule has 0 bridgehead atoms. The molecule has 1 aromatic heterocycles. The molecule has 0 radical (unpaired) electrons. The molecule has 0 unspecified atom stereocenters. The minimum absolute atomic E-state index is 0.0650. The number of hydrogen-bond donors (Lipinski definition) is 1. The minimum Gasteiger partial charge on any atom is -0.489 e. The number of rotatable bonds is 2. The first-order valence-electron chi connectivity index (χ1n) is 6.61. The first-order chi connectivity index (χ1) is 9.98. The first-order valence-corrected chi connectivity index (χ1v) is 6.98. The highest BCUT2D eigenvalue weighted by Gasteiger charge is 2.26. The zero-order valence-electron chi connectivity index (χ0n) is 11.9. The van der Waals surface area contributed by atoms with Gasteiger partial charge in [0.25, 0.3) is 0 Å². The molecule has 112 valence electrons. The van der Waals surface area contributed by atoms with Gasteiger partial charge in [-0.2, -0.15) is 4.98 Å². The van der Waals surface area contributed by atoms with E-state index in [1.807, 2.05) is 0 Å². The van der Waals surface area contributed by atoms with E-state index < -0.39 is 0 Å². The van der Waals surface area contributed by atoms with Gasteiger partial charge in [-0.25, -0.2) is 0 Å². The summed E-state index contributed by atoms with van der Waals surface area (Å²) < 4.78 is 16.6. The van der Waals surface area contributed by atoms with Gasteiger partial charge < -0.3 is 19.7 Å². The Morgan fingerprint density at radius 2 is 1.90 bits per heavy atom. The topological polar surface area (TPSA) is 83.4 Å². The van der Waals surface area contributed by atoms with Crippen molar-refractivity contribution >= 4 is 11.6 Å². The molecule has 7 heteroatoms. The van der Waals surface area contributed by atoms with Crippen LogP contribution in [0, 0.1) is 5.41 Å². The van der Waals surface area contributed by atoms with Gasteiger partial charge in [-0.15, -0.1) is 0 Å². The van der Waals surface area contributed by atoms with Gasteiger partial charge in [-0.1, -0.05) is 30.6 Å². The molecule has 21 heavy (non-hydrogen) atoms. The molecular weight excluding hydrogens is 294 g/mol. The summed E-state index contributed by atoms with van der Waals surface area (Å²) in [4.78, 5) is 4.18. The molecule has 1 aromatic carbocycles. The van der Waals surface area contributed by atoms with Crippen LogP contribution in [0.3, 0.4) is 0 Å². The van der Waals surface area contributed by atoms with E-state index in [9.17, 15) is 0 Å². The zero-order valence-corrected chi connectivity index (χ0v) is 12.6. The molecule has 0 spiro atoms. The van der Waals surface area contributed by atoms with E-state index in [1.54, 1.807) is 12.1 Å². The van der Waals surface area contributed by atoms with Gasteiger partial charge in [0.2, 0.25) is 11.7 Å². The molecule has 1 aliphatic heterocycles. The Labute approximate surface area is 127 Å². The van der Waals surface area contributed by atoms with Crippen LogP contribution in [0.15, 0.2) is 16.7 Å². The normalized spacial score (nSPS) is 16.6. The summed E-state index contributed by atoms with van der Waals surface area (Å²) in [6.07, 6.45) is 0. The lowest BCUT2D eigenvalue weighted by molar-refractivity contribution is 0.140. The highest BCUT2D eigenvalue weighted by molar-refractivity contribution is 6.33. The molecule has 0 saturated carbocycles. The number of benzene rings is 1. The number of nitrogens with zero attached hydrogens (tertiary/aromatic N) is 2. The molecular formula is C14H16ClN3O3. The van der Waals surface area contributed by atoms with E-state index in [1.165, 1.54) is 0 Å². The van der Waals surface area contributed by atoms with Crippen molar-refractivity contribution in [1.82, 2.24) is 10.1 Å².